The van der Waals surface area contributed by atoms with E-state index in [1.807, 2.05) is 37.3 Å². The molecule has 2 amide bonds. The van der Waals surface area contributed by atoms with Crippen molar-refractivity contribution < 1.29 is 9.59 Å². The normalized spacial score (nSPS) is 10.8. The Hall–Kier alpha value is -3.51. The molecule has 0 aliphatic heterocycles. The molecule has 0 aliphatic rings. The van der Waals surface area contributed by atoms with Crippen LogP contribution in [0.25, 0.3) is 20.8 Å². The summed E-state index contributed by atoms with van der Waals surface area (Å²) in [5.74, 6) is -0.282. The van der Waals surface area contributed by atoms with Crippen molar-refractivity contribution in [2.75, 3.05) is 10.6 Å². The number of carbonyl (C=O) groups is 2. The first-order valence-electron chi connectivity index (χ1n) is 10.2. The van der Waals surface area contributed by atoms with Crippen molar-refractivity contribution in [1.82, 2.24) is 4.98 Å². The van der Waals surface area contributed by atoms with Crippen LogP contribution in [0.5, 0.6) is 0 Å². The second-order valence-electron chi connectivity index (χ2n) is 7.40. The zero-order chi connectivity index (χ0) is 21.8. The molecule has 4 aromatic rings. The molecule has 156 valence electrons. The number of aromatic nitrogens is 1. The summed E-state index contributed by atoms with van der Waals surface area (Å²) in [6.07, 6.45) is 1.23. The minimum Gasteiger partial charge on any atom is -0.326 e. The minimum absolute atomic E-state index is 0.0549. The number of carbonyl (C=O) groups excluding carboxylic acids is 2. The third kappa shape index (κ3) is 4.98. The number of amides is 2. The Morgan fingerprint density at radius 1 is 0.935 bits per heavy atom. The van der Waals surface area contributed by atoms with Crippen LogP contribution in [0.4, 0.5) is 11.4 Å². The molecular weight excluding hydrogens is 406 g/mol. The predicted molar refractivity (Wildman–Crippen MR) is 128 cm³/mol. The average Bonchev–Trinajstić information content (AvgIpc) is 3.18. The molecule has 0 fully saturated rings. The summed E-state index contributed by atoms with van der Waals surface area (Å²) in [7, 11) is 0. The Bertz CT molecular complexity index is 1250. The fourth-order valence-corrected chi connectivity index (χ4v) is 4.31. The number of hydrogen-bond acceptors (Lipinski definition) is 4. The molecule has 1 heterocycles. The Kier molecular flexibility index (Phi) is 6.09. The highest BCUT2D eigenvalue weighted by Gasteiger charge is 2.10. The zero-order valence-corrected chi connectivity index (χ0v) is 18.3. The van der Waals surface area contributed by atoms with E-state index in [4.69, 9.17) is 4.98 Å². The molecule has 0 saturated heterocycles. The van der Waals surface area contributed by atoms with Gasteiger partial charge in [0.2, 0.25) is 5.91 Å². The molecule has 0 spiro atoms. The Labute approximate surface area is 185 Å². The van der Waals surface area contributed by atoms with Gasteiger partial charge in [0.1, 0.15) is 5.01 Å². The van der Waals surface area contributed by atoms with Crippen LogP contribution in [0.3, 0.4) is 0 Å². The molecule has 0 saturated carbocycles. The Balaban J connectivity index is 1.46. The molecule has 6 heteroatoms. The number of hydrogen-bond donors (Lipinski definition) is 2. The smallest absolute Gasteiger partial charge is 0.255 e. The second kappa shape index (κ2) is 9.10. The third-order valence-electron chi connectivity index (χ3n) is 4.82. The van der Waals surface area contributed by atoms with Crippen molar-refractivity contribution in [1.29, 1.82) is 0 Å². The van der Waals surface area contributed by atoms with E-state index in [2.05, 4.69) is 29.7 Å². The molecule has 0 aliphatic carbocycles. The number of nitrogens with one attached hydrogen (secondary N) is 2. The van der Waals surface area contributed by atoms with Gasteiger partial charge in [-0.15, -0.1) is 11.3 Å². The first-order chi connectivity index (χ1) is 15.0. The van der Waals surface area contributed by atoms with Crippen LogP contribution in [-0.4, -0.2) is 16.8 Å². The fraction of sp³-hybridized carbons (Fsp3) is 0.160. The van der Waals surface area contributed by atoms with Crippen LogP contribution in [0.15, 0.2) is 66.7 Å². The largest absolute Gasteiger partial charge is 0.326 e. The van der Waals surface area contributed by atoms with Crippen molar-refractivity contribution in [2.24, 2.45) is 0 Å². The summed E-state index contributed by atoms with van der Waals surface area (Å²) in [5, 5.41) is 6.68. The van der Waals surface area contributed by atoms with Gasteiger partial charge in [0.15, 0.2) is 0 Å². The van der Waals surface area contributed by atoms with E-state index in [9.17, 15) is 9.59 Å². The van der Waals surface area contributed by atoms with Crippen molar-refractivity contribution in [3.05, 3.63) is 77.9 Å². The van der Waals surface area contributed by atoms with Gasteiger partial charge in [0, 0.05) is 28.9 Å². The molecule has 31 heavy (non-hydrogen) atoms. The van der Waals surface area contributed by atoms with Crippen molar-refractivity contribution in [2.45, 2.75) is 26.7 Å². The lowest BCUT2D eigenvalue weighted by Crippen LogP contribution is -2.14. The molecule has 1 aromatic heterocycles. The summed E-state index contributed by atoms with van der Waals surface area (Å²) >= 11 is 1.66. The number of thiazole rings is 1. The number of rotatable bonds is 6. The molecular formula is C25H23N3O2S. The molecule has 0 bridgehead atoms. The van der Waals surface area contributed by atoms with Crippen LogP contribution in [0.1, 0.15) is 35.7 Å². The van der Waals surface area contributed by atoms with E-state index >= 15 is 0 Å². The quantitative estimate of drug-likeness (QED) is 0.380. The van der Waals surface area contributed by atoms with Crippen molar-refractivity contribution in [3.63, 3.8) is 0 Å². The summed E-state index contributed by atoms with van der Waals surface area (Å²) in [6, 6.07) is 20.9. The lowest BCUT2D eigenvalue weighted by atomic mass is 10.1. The van der Waals surface area contributed by atoms with Crippen LogP contribution >= 0.6 is 11.3 Å². The van der Waals surface area contributed by atoms with Crippen molar-refractivity contribution in [3.8, 4) is 10.6 Å². The minimum atomic E-state index is -0.227. The molecule has 5 nitrogen and oxygen atoms in total. The van der Waals surface area contributed by atoms with Gasteiger partial charge in [-0.25, -0.2) is 4.98 Å². The lowest BCUT2D eigenvalue weighted by molar-refractivity contribution is -0.116. The van der Waals surface area contributed by atoms with Gasteiger partial charge in [-0.05, 0) is 73.5 Å². The van der Waals surface area contributed by atoms with E-state index < -0.39 is 0 Å². The summed E-state index contributed by atoms with van der Waals surface area (Å²) < 4.78 is 1.17. The van der Waals surface area contributed by atoms with Gasteiger partial charge in [-0.3, -0.25) is 9.59 Å². The number of fused-ring (bicyclic) bond motifs is 1. The lowest BCUT2D eigenvalue weighted by Gasteiger charge is -2.08. The van der Waals surface area contributed by atoms with E-state index in [1.165, 1.54) is 10.3 Å². The standard InChI is InChI=1S/C25H23N3O2S/c1-3-5-23(29)26-20-7-4-6-18(15-20)24(30)27-19-11-9-17(10-12-19)25-28-21-13-8-16(2)14-22(21)31-25/h4,6-15H,3,5H2,1-2H3,(H,26,29)(H,27,30). The van der Waals surface area contributed by atoms with Crippen LogP contribution in [-0.2, 0) is 4.79 Å². The second-order valence-corrected chi connectivity index (χ2v) is 8.43. The van der Waals surface area contributed by atoms with Gasteiger partial charge in [0.25, 0.3) is 5.91 Å². The molecule has 0 atom stereocenters. The Morgan fingerprint density at radius 3 is 2.52 bits per heavy atom. The van der Waals surface area contributed by atoms with Gasteiger partial charge in [0.05, 0.1) is 10.2 Å². The first-order valence-corrected chi connectivity index (χ1v) is 11.0. The maximum atomic E-state index is 12.6. The molecule has 0 unspecified atom stereocenters. The maximum Gasteiger partial charge on any atom is 0.255 e. The summed E-state index contributed by atoms with van der Waals surface area (Å²) in [5.41, 5.74) is 5.03. The Morgan fingerprint density at radius 2 is 1.74 bits per heavy atom. The van der Waals surface area contributed by atoms with Crippen LogP contribution in [0, 0.1) is 6.92 Å². The average molecular weight is 430 g/mol. The highest BCUT2D eigenvalue weighted by molar-refractivity contribution is 7.21. The van der Waals surface area contributed by atoms with Gasteiger partial charge in [-0.1, -0.05) is 19.1 Å². The zero-order valence-electron chi connectivity index (χ0n) is 17.4. The predicted octanol–water partition coefficient (Wildman–Crippen LogP) is 6.26. The van der Waals surface area contributed by atoms with Gasteiger partial charge < -0.3 is 10.6 Å². The summed E-state index contributed by atoms with van der Waals surface area (Å²) in [6.45, 7) is 4.03. The highest BCUT2D eigenvalue weighted by Crippen LogP contribution is 2.31. The van der Waals surface area contributed by atoms with Crippen molar-refractivity contribution >= 4 is 44.7 Å². The molecule has 3 aromatic carbocycles. The first kappa shape index (κ1) is 20.8. The van der Waals surface area contributed by atoms with Gasteiger partial charge in [-0.2, -0.15) is 0 Å². The number of benzene rings is 3. The summed E-state index contributed by atoms with van der Waals surface area (Å²) in [4.78, 5) is 29.1. The number of anilines is 2. The van der Waals surface area contributed by atoms with Crippen LogP contribution in [0.2, 0.25) is 0 Å². The highest BCUT2D eigenvalue weighted by atomic mass is 32.1. The van der Waals surface area contributed by atoms with E-state index in [0.717, 1.165) is 22.5 Å². The third-order valence-corrected chi connectivity index (χ3v) is 5.89. The SMILES string of the molecule is CCCC(=O)Nc1cccc(C(=O)Nc2ccc(-c3nc4ccc(C)cc4s3)cc2)c1. The van der Waals surface area contributed by atoms with E-state index in [0.29, 0.717) is 23.4 Å². The number of aryl methyl sites for hydroxylation is 1. The van der Waals surface area contributed by atoms with Gasteiger partial charge >= 0.3 is 0 Å². The number of nitrogens with zero attached hydrogens (tertiary/aromatic N) is 1. The maximum absolute atomic E-state index is 12.6. The fourth-order valence-electron chi connectivity index (χ4n) is 3.24. The molecule has 2 N–H and O–H groups in total. The van der Waals surface area contributed by atoms with E-state index in [1.54, 1.807) is 35.6 Å². The van der Waals surface area contributed by atoms with Crippen LogP contribution < -0.4 is 10.6 Å². The van der Waals surface area contributed by atoms with E-state index in [-0.39, 0.29) is 11.8 Å². The monoisotopic (exact) mass is 429 g/mol. The molecule has 4 rings (SSSR count). The topological polar surface area (TPSA) is 71.1 Å². The molecule has 0 radical (unpaired) electrons.